The van der Waals surface area contributed by atoms with Gasteiger partial charge in [0.05, 0.1) is 17.8 Å². The molecule has 1 atom stereocenters. The molecule has 1 aromatic heterocycles. The fourth-order valence-corrected chi connectivity index (χ4v) is 2.40. The van der Waals surface area contributed by atoms with Crippen molar-refractivity contribution in [2.75, 3.05) is 29.4 Å². The molecular formula is C14H19N3O3. The first-order valence-electron chi connectivity index (χ1n) is 6.81. The predicted octanol–water partition coefficient (Wildman–Crippen LogP) is 1.37. The number of amides is 1. The summed E-state index contributed by atoms with van der Waals surface area (Å²) in [7, 11) is 0. The summed E-state index contributed by atoms with van der Waals surface area (Å²) in [5.74, 6) is -0.839. The third kappa shape index (κ3) is 2.74. The van der Waals surface area contributed by atoms with E-state index in [1.165, 1.54) is 4.90 Å². The lowest BCUT2D eigenvalue weighted by molar-refractivity contribution is -0.141. The second-order valence-corrected chi connectivity index (χ2v) is 4.79. The number of aliphatic carboxylic acids is 1. The molecule has 0 radical (unpaired) electrons. The predicted molar refractivity (Wildman–Crippen MR) is 75.9 cm³/mol. The Morgan fingerprint density at radius 3 is 2.60 bits per heavy atom. The number of carbonyl (C=O) groups excluding carboxylic acids is 1. The highest BCUT2D eigenvalue weighted by Gasteiger charge is 2.35. The van der Waals surface area contributed by atoms with Crippen LogP contribution in [0.5, 0.6) is 0 Å². The minimum Gasteiger partial charge on any atom is -0.481 e. The third-order valence-electron chi connectivity index (χ3n) is 3.61. The van der Waals surface area contributed by atoms with E-state index < -0.39 is 11.9 Å². The van der Waals surface area contributed by atoms with Crippen LogP contribution < -0.4 is 9.80 Å². The number of rotatable bonds is 5. The van der Waals surface area contributed by atoms with Crippen molar-refractivity contribution in [3.05, 3.63) is 18.3 Å². The molecule has 1 saturated heterocycles. The van der Waals surface area contributed by atoms with Crippen LogP contribution in [0.1, 0.15) is 20.3 Å². The first-order chi connectivity index (χ1) is 9.56. The summed E-state index contributed by atoms with van der Waals surface area (Å²) in [6, 6.07) is 3.69. The van der Waals surface area contributed by atoms with Crippen molar-refractivity contribution in [3.63, 3.8) is 0 Å². The van der Waals surface area contributed by atoms with Crippen LogP contribution in [0.4, 0.5) is 11.5 Å². The van der Waals surface area contributed by atoms with Crippen molar-refractivity contribution >= 4 is 23.4 Å². The van der Waals surface area contributed by atoms with E-state index >= 15 is 0 Å². The Kier molecular flexibility index (Phi) is 4.22. The van der Waals surface area contributed by atoms with Gasteiger partial charge in [0.2, 0.25) is 5.91 Å². The molecule has 1 N–H and O–H groups in total. The van der Waals surface area contributed by atoms with Crippen molar-refractivity contribution in [3.8, 4) is 0 Å². The van der Waals surface area contributed by atoms with E-state index in [2.05, 4.69) is 23.7 Å². The minimum atomic E-state index is -0.923. The summed E-state index contributed by atoms with van der Waals surface area (Å²) < 4.78 is 0. The van der Waals surface area contributed by atoms with Crippen molar-refractivity contribution in [1.82, 2.24) is 4.98 Å². The molecule has 1 aliphatic heterocycles. The van der Waals surface area contributed by atoms with Gasteiger partial charge >= 0.3 is 5.97 Å². The van der Waals surface area contributed by atoms with Crippen LogP contribution in [0.15, 0.2) is 18.3 Å². The molecule has 6 nitrogen and oxygen atoms in total. The number of anilines is 2. The Hall–Kier alpha value is -2.11. The van der Waals surface area contributed by atoms with Gasteiger partial charge in [0.1, 0.15) is 5.82 Å². The molecule has 0 saturated carbocycles. The molecule has 108 valence electrons. The first-order valence-corrected chi connectivity index (χ1v) is 6.81. The lowest BCUT2D eigenvalue weighted by Gasteiger charge is -2.21. The van der Waals surface area contributed by atoms with Crippen LogP contribution >= 0.6 is 0 Å². The maximum absolute atomic E-state index is 11.8. The molecule has 1 aliphatic rings. The highest BCUT2D eigenvalue weighted by molar-refractivity contribution is 5.99. The average Bonchev–Trinajstić information content (AvgIpc) is 2.83. The van der Waals surface area contributed by atoms with Gasteiger partial charge in [-0.05, 0) is 26.0 Å². The fourth-order valence-electron chi connectivity index (χ4n) is 2.40. The van der Waals surface area contributed by atoms with Crippen LogP contribution in [0, 0.1) is 5.92 Å². The number of carboxylic acid groups (broad SMARTS) is 1. The monoisotopic (exact) mass is 277 g/mol. The molecule has 2 rings (SSSR count). The van der Waals surface area contributed by atoms with Gasteiger partial charge in [-0.3, -0.25) is 9.59 Å². The molecule has 1 aromatic rings. The van der Waals surface area contributed by atoms with Crippen LogP contribution in [0.25, 0.3) is 0 Å². The highest BCUT2D eigenvalue weighted by Crippen LogP contribution is 2.25. The van der Waals surface area contributed by atoms with Gasteiger partial charge < -0.3 is 14.9 Å². The maximum atomic E-state index is 11.8. The topological polar surface area (TPSA) is 73.7 Å². The molecule has 0 unspecified atom stereocenters. The molecule has 0 bridgehead atoms. The van der Waals surface area contributed by atoms with Gasteiger partial charge in [0.25, 0.3) is 0 Å². The van der Waals surface area contributed by atoms with Gasteiger partial charge in [-0.15, -0.1) is 0 Å². The van der Waals surface area contributed by atoms with E-state index in [0.717, 1.165) is 18.9 Å². The van der Waals surface area contributed by atoms with Crippen LogP contribution in [0.2, 0.25) is 0 Å². The summed E-state index contributed by atoms with van der Waals surface area (Å²) in [5, 5.41) is 8.98. The summed E-state index contributed by atoms with van der Waals surface area (Å²) in [4.78, 5) is 30.7. The smallest absolute Gasteiger partial charge is 0.308 e. The first kappa shape index (κ1) is 14.3. The van der Waals surface area contributed by atoms with Crippen molar-refractivity contribution in [2.45, 2.75) is 20.3 Å². The normalized spacial score (nSPS) is 18.4. The Labute approximate surface area is 118 Å². The van der Waals surface area contributed by atoms with E-state index in [1.54, 1.807) is 6.20 Å². The molecular weight excluding hydrogens is 258 g/mol. The number of hydrogen-bond donors (Lipinski definition) is 1. The van der Waals surface area contributed by atoms with Crippen molar-refractivity contribution < 1.29 is 14.7 Å². The van der Waals surface area contributed by atoms with Crippen LogP contribution in [-0.2, 0) is 9.59 Å². The van der Waals surface area contributed by atoms with Gasteiger partial charge in [-0.1, -0.05) is 0 Å². The molecule has 2 heterocycles. The second-order valence-electron chi connectivity index (χ2n) is 4.79. The third-order valence-corrected chi connectivity index (χ3v) is 3.61. The number of aromatic nitrogens is 1. The summed E-state index contributed by atoms with van der Waals surface area (Å²) in [6.07, 6.45) is 1.70. The molecule has 6 heteroatoms. The zero-order valence-electron chi connectivity index (χ0n) is 11.7. The zero-order chi connectivity index (χ0) is 14.7. The van der Waals surface area contributed by atoms with E-state index in [0.29, 0.717) is 5.69 Å². The standard InChI is InChI=1S/C14H19N3O3/c1-3-16(4-2)12-6-5-11(8-15-12)17-9-10(14(19)20)7-13(17)18/h5-6,8,10H,3-4,7,9H2,1-2H3,(H,19,20)/t10-/m1/s1. The van der Waals surface area contributed by atoms with Crippen molar-refractivity contribution in [2.24, 2.45) is 5.92 Å². The zero-order valence-corrected chi connectivity index (χ0v) is 11.7. The minimum absolute atomic E-state index is 0.0626. The Bertz CT molecular complexity index is 497. The number of nitrogens with zero attached hydrogens (tertiary/aromatic N) is 3. The van der Waals surface area contributed by atoms with E-state index in [-0.39, 0.29) is 18.9 Å². The molecule has 0 spiro atoms. The van der Waals surface area contributed by atoms with Crippen LogP contribution in [-0.4, -0.2) is 41.6 Å². The Morgan fingerprint density at radius 1 is 1.45 bits per heavy atom. The van der Waals surface area contributed by atoms with Gasteiger partial charge in [-0.2, -0.15) is 0 Å². The molecule has 0 aliphatic carbocycles. The van der Waals surface area contributed by atoms with Crippen molar-refractivity contribution in [1.29, 1.82) is 0 Å². The summed E-state index contributed by atoms with van der Waals surface area (Å²) in [6.45, 7) is 6.07. The lowest BCUT2D eigenvalue weighted by Crippen LogP contribution is -2.26. The Morgan fingerprint density at radius 2 is 2.15 bits per heavy atom. The maximum Gasteiger partial charge on any atom is 0.308 e. The van der Waals surface area contributed by atoms with E-state index in [1.807, 2.05) is 12.1 Å². The quantitative estimate of drug-likeness (QED) is 0.879. The largest absolute Gasteiger partial charge is 0.481 e. The van der Waals surface area contributed by atoms with Gasteiger partial charge in [0, 0.05) is 26.1 Å². The average molecular weight is 277 g/mol. The number of pyridine rings is 1. The molecule has 1 fully saturated rings. The van der Waals surface area contributed by atoms with E-state index in [4.69, 9.17) is 5.11 Å². The molecule has 0 aromatic carbocycles. The van der Waals surface area contributed by atoms with E-state index in [9.17, 15) is 9.59 Å². The summed E-state index contributed by atoms with van der Waals surface area (Å²) >= 11 is 0. The number of hydrogen-bond acceptors (Lipinski definition) is 4. The lowest BCUT2D eigenvalue weighted by atomic mass is 10.1. The second kappa shape index (κ2) is 5.90. The van der Waals surface area contributed by atoms with Crippen LogP contribution in [0.3, 0.4) is 0 Å². The fraction of sp³-hybridized carbons (Fsp3) is 0.500. The van der Waals surface area contributed by atoms with Gasteiger partial charge in [0.15, 0.2) is 0 Å². The number of carbonyl (C=O) groups is 2. The number of carboxylic acids is 1. The molecule has 1 amide bonds. The van der Waals surface area contributed by atoms with Gasteiger partial charge in [-0.25, -0.2) is 4.98 Å². The summed E-state index contributed by atoms with van der Waals surface area (Å²) in [5.41, 5.74) is 0.662. The molecule has 20 heavy (non-hydrogen) atoms. The SMILES string of the molecule is CCN(CC)c1ccc(N2C[C@H](C(=O)O)CC2=O)cn1. The Balaban J connectivity index is 2.14. The highest BCUT2D eigenvalue weighted by atomic mass is 16.4.